The molecule has 2 N–H and O–H groups in total. The van der Waals surface area contributed by atoms with Crippen molar-refractivity contribution in [2.75, 3.05) is 31.9 Å². The summed E-state index contributed by atoms with van der Waals surface area (Å²) in [6.45, 7) is 5.10. The van der Waals surface area contributed by atoms with E-state index in [1.807, 2.05) is 6.92 Å². The van der Waals surface area contributed by atoms with Gasteiger partial charge in [0.1, 0.15) is 0 Å². The van der Waals surface area contributed by atoms with Crippen LogP contribution in [-0.2, 0) is 14.8 Å². The molecule has 0 bridgehead atoms. The van der Waals surface area contributed by atoms with E-state index >= 15 is 0 Å². The monoisotopic (exact) mass is 263 g/mol. The van der Waals surface area contributed by atoms with E-state index in [-0.39, 0.29) is 11.7 Å². The molecule has 1 heterocycles. The molecule has 1 aliphatic heterocycles. The minimum atomic E-state index is -3.14. The smallest absolute Gasteiger partial charge is 0.239 e. The maximum Gasteiger partial charge on any atom is 0.239 e. The molecule has 0 spiro atoms. The average Bonchev–Trinajstić information content (AvgIpc) is 2.28. The number of carbonyl (C=O) groups excluding carboxylic acids is 1. The number of nitrogens with zero attached hydrogens (tertiary/aromatic N) is 2. The number of piperazine rings is 1. The highest BCUT2D eigenvalue weighted by Crippen LogP contribution is 2.09. The number of hydrogen-bond donors (Lipinski definition) is 1. The van der Waals surface area contributed by atoms with Crippen LogP contribution in [0.4, 0.5) is 0 Å². The minimum Gasteiger partial charge on any atom is -0.339 e. The number of amides is 1. The molecule has 6 nitrogen and oxygen atoms in total. The van der Waals surface area contributed by atoms with Crippen LogP contribution in [0.2, 0.25) is 0 Å². The topological polar surface area (TPSA) is 83.7 Å². The third kappa shape index (κ3) is 3.65. The average molecular weight is 263 g/mol. The Morgan fingerprint density at radius 3 is 2.24 bits per heavy atom. The number of sulfonamides is 1. The molecule has 1 rings (SSSR count). The predicted molar refractivity (Wildman–Crippen MR) is 65.9 cm³/mol. The van der Waals surface area contributed by atoms with Crippen molar-refractivity contribution < 1.29 is 13.2 Å². The van der Waals surface area contributed by atoms with Crippen LogP contribution in [0.3, 0.4) is 0 Å². The summed E-state index contributed by atoms with van der Waals surface area (Å²) in [5.74, 6) is 0.0615. The second kappa shape index (κ2) is 5.79. The quantitative estimate of drug-likeness (QED) is 0.721. The molecule has 1 amide bonds. The van der Waals surface area contributed by atoms with Crippen molar-refractivity contribution in [3.05, 3.63) is 0 Å². The van der Waals surface area contributed by atoms with Gasteiger partial charge in [0, 0.05) is 26.2 Å². The van der Waals surface area contributed by atoms with E-state index in [9.17, 15) is 13.2 Å². The summed E-state index contributed by atoms with van der Waals surface area (Å²) in [7, 11) is -3.14. The number of nitrogens with two attached hydrogens (primary N) is 1. The molecule has 1 saturated heterocycles. The summed E-state index contributed by atoms with van der Waals surface area (Å²) in [5, 5.41) is 0. The van der Waals surface area contributed by atoms with Crippen molar-refractivity contribution >= 4 is 15.9 Å². The zero-order valence-corrected chi connectivity index (χ0v) is 11.2. The standard InChI is InChI=1S/C10H21N3O3S/c1-3-8-17(15,16)13-6-4-12(5-7-13)10(14)9(2)11/h9H,3-8,11H2,1-2H3/t9-/m0/s1. The fraction of sp³-hybridized carbons (Fsp3) is 0.900. The van der Waals surface area contributed by atoms with Crippen molar-refractivity contribution in [3.63, 3.8) is 0 Å². The lowest BCUT2D eigenvalue weighted by atomic mass is 10.2. The molecule has 7 heteroatoms. The van der Waals surface area contributed by atoms with Crippen molar-refractivity contribution in [3.8, 4) is 0 Å². The fourth-order valence-corrected chi connectivity index (χ4v) is 3.36. The molecule has 1 atom stereocenters. The molecule has 0 radical (unpaired) electrons. The Labute approximate surface area is 103 Å². The van der Waals surface area contributed by atoms with E-state index in [0.717, 1.165) is 0 Å². The highest BCUT2D eigenvalue weighted by molar-refractivity contribution is 7.89. The first-order chi connectivity index (χ1) is 7.88. The Bertz CT molecular complexity index is 359. The van der Waals surface area contributed by atoms with Crippen LogP contribution in [0.25, 0.3) is 0 Å². The van der Waals surface area contributed by atoms with Gasteiger partial charge in [-0.3, -0.25) is 4.79 Å². The molecular weight excluding hydrogens is 242 g/mol. The lowest BCUT2D eigenvalue weighted by Crippen LogP contribution is -2.54. The van der Waals surface area contributed by atoms with Crippen LogP contribution in [0.1, 0.15) is 20.3 Å². The molecule has 0 aromatic rings. The van der Waals surface area contributed by atoms with E-state index in [0.29, 0.717) is 32.6 Å². The molecule has 17 heavy (non-hydrogen) atoms. The lowest BCUT2D eigenvalue weighted by Gasteiger charge is -2.34. The van der Waals surface area contributed by atoms with Crippen LogP contribution in [0.5, 0.6) is 0 Å². The van der Waals surface area contributed by atoms with E-state index in [1.54, 1.807) is 11.8 Å². The second-order valence-corrected chi connectivity index (χ2v) is 6.42. The lowest BCUT2D eigenvalue weighted by molar-refractivity contribution is -0.133. The molecule has 1 fully saturated rings. The van der Waals surface area contributed by atoms with E-state index < -0.39 is 16.1 Å². The Hall–Kier alpha value is -0.660. The molecular formula is C10H21N3O3S. The third-order valence-electron chi connectivity index (χ3n) is 2.80. The van der Waals surface area contributed by atoms with Gasteiger partial charge in [-0.15, -0.1) is 0 Å². The molecule has 1 aliphatic rings. The van der Waals surface area contributed by atoms with Gasteiger partial charge in [-0.1, -0.05) is 6.92 Å². The van der Waals surface area contributed by atoms with Crippen LogP contribution in [0.15, 0.2) is 0 Å². The Morgan fingerprint density at radius 1 is 1.29 bits per heavy atom. The van der Waals surface area contributed by atoms with Crippen LogP contribution in [-0.4, -0.2) is 61.5 Å². The molecule has 0 aromatic heterocycles. The molecule has 0 aromatic carbocycles. The zero-order chi connectivity index (χ0) is 13.1. The van der Waals surface area contributed by atoms with Crippen molar-refractivity contribution in [1.29, 1.82) is 0 Å². The fourth-order valence-electron chi connectivity index (χ4n) is 1.86. The normalized spacial score (nSPS) is 20.3. The predicted octanol–water partition coefficient (Wildman–Crippen LogP) is -0.782. The van der Waals surface area contributed by atoms with Crippen molar-refractivity contribution in [1.82, 2.24) is 9.21 Å². The van der Waals surface area contributed by atoms with Gasteiger partial charge >= 0.3 is 0 Å². The van der Waals surface area contributed by atoms with Gasteiger partial charge in [0.05, 0.1) is 11.8 Å². The van der Waals surface area contributed by atoms with E-state index in [4.69, 9.17) is 5.73 Å². The summed E-state index contributed by atoms with van der Waals surface area (Å²) < 4.78 is 25.0. The van der Waals surface area contributed by atoms with Gasteiger partial charge in [0.2, 0.25) is 15.9 Å². The van der Waals surface area contributed by atoms with Crippen molar-refractivity contribution in [2.24, 2.45) is 5.73 Å². The Morgan fingerprint density at radius 2 is 1.82 bits per heavy atom. The first-order valence-corrected chi connectivity index (χ1v) is 7.51. The van der Waals surface area contributed by atoms with Crippen LogP contribution in [0, 0.1) is 0 Å². The van der Waals surface area contributed by atoms with Gasteiger partial charge in [-0.2, -0.15) is 4.31 Å². The van der Waals surface area contributed by atoms with Gasteiger partial charge < -0.3 is 10.6 Å². The zero-order valence-electron chi connectivity index (χ0n) is 10.4. The van der Waals surface area contributed by atoms with Gasteiger partial charge in [-0.05, 0) is 13.3 Å². The minimum absolute atomic E-state index is 0.113. The Kier molecular flexibility index (Phi) is 4.91. The highest BCUT2D eigenvalue weighted by atomic mass is 32.2. The van der Waals surface area contributed by atoms with Crippen molar-refractivity contribution in [2.45, 2.75) is 26.3 Å². The summed E-state index contributed by atoms with van der Waals surface area (Å²) >= 11 is 0. The highest BCUT2D eigenvalue weighted by Gasteiger charge is 2.28. The molecule has 0 unspecified atom stereocenters. The first kappa shape index (κ1) is 14.4. The van der Waals surface area contributed by atoms with Crippen LogP contribution < -0.4 is 5.73 Å². The number of hydrogen-bond acceptors (Lipinski definition) is 4. The summed E-state index contributed by atoms with van der Waals surface area (Å²) in [6, 6.07) is -0.520. The molecule has 0 saturated carbocycles. The second-order valence-electron chi connectivity index (χ2n) is 4.33. The van der Waals surface area contributed by atoms with Gasteiger partial charge in [0.25, 0.3) is 0 Å². The van der Waals surface area contributed by atoms with E-state index in [2.05, 4.69) is 0 Å². The first-order valence-electron chi connectivity index (χ1n) is 5.90. The summed E-state index contributed by atoms with van der Waals surface area (Å²) in [4.78, 5) is 13.2. The Balaban J connectivity index is 2.54. The van der Waals surface area contributed by atoms with E-state index in [1.165, 1.54) is 4.31 Å². The SMILES string of the molecule is CCCS(=O)(=O)N1CCN(C(=O)[C@H](C)N)CC1. The third-order valence-corrected chi connectivity index (χ3v) is 4.87. The van der Waals surface area contributed by atoms with Gasteiger partial charge in [-0.25, -0.2) is 8.42 Å². The largest absolute Gasteiger partial charge is 0.339 e. The molecule has 100 valence electrons. The van der Waals surface area contributed by atoms with Crippen LogP contribution >= 0.6 is 0 Å². The number of carbonyl (C=O) groups is 1. The number of rotatable bonds is 4. The van der Waals surface area contributed by atoms with Gasteiger partial charge in [0.15, 0.2) is 0 Å². The maximum absolute atomic E-state index is 11.8. The summed E-state index contributed by atoms with van der Waals surface area (Å²) in [6.07, 6.45) is 0.612. The molecule has 0 aliphatic carbocycles. The maximum atomic E-state index is 11.8. The summed E-state index contributed by atoms with van der Waals surface area (Å²) in [5.41, 5.74) is 5.51.